The molecule has 0 atom stereocenters. The van der Waals surface area contributed by atoms with Crippen molar-refractivity contribution in [3.63, 3.8) is 0 Å². The summed E-state index contributed by atoms with van der Waals surface area (Å²) in [7, 11) is 0. The van der Waals surface area contributed by atoms with Crippen molar-refractivity contribution < 1.29 is 18.8 Å². The predicted octanol–water partition coefficient (Wildman–Crippen LogP) is 3.64. The lowest BCUT2D eigenvalue weighted by Gasteiger charge is -2.10. The maximum atomic E-state index is 12.8. The molecule has 0 saturated heterocycles. The van der Waals surface area contributed by atoms with Crippen LogP contribution < -0.4 is 10.3 Å². The number of amides is 3. The van der Waals surface area contributed by atoms with Crippen LogP contribution in [-0.4, -0.2) is 23.4 Å². The highest BCUT2D eigenvalue weighted by molar-refractivity contribution is 6.32. The molecule has 0 unspecified atom stereocenters. The summed E-state index contributed by atoms with van der Waals surface area (Å²) in [6.45, 7) is 1.77. The van der Waals surface area contributed by atoms with Gasteiger partial charge in [0, 0.05) is 5.56 Å². The van der Waals surface area contributed by atoms with E-state index in [0.29, 0.717) is 45.2 Å². The minimum absolute atomic E-state index is 0.232. The lowest BCUT2D eigenvalue weighted by molar-refractivity contribution is -0.114. The number of carbonyl (C=O) groups excluding carboxylic acids is 3. The van der Waals surface area contributed by atoms with Crippen LogP contribution in [0, 0.1) is 0 Å². The van der Waals surface area contributed by atoms with Gasteiger partial charge >= 0.3 is 0 Å². The molecule has 3 heterocycles. The molecule has 3 aromatic rings. The minimum atomic E-state index is -0.421. The smallest absolute Gasteiger partial charge is 0.280 e. The number of benzene rings is 2. The molecule has 7 heteroatoms. The van der Waals surface area contributed by atoms with Gasteiger partial charge in [-0.05, 0) is 49.4 Å². The van der Waals surface area contributed by atoms with Crippen molar-refractivity contribution in [2.75, 3.05) is 5.01 Å². The van der Waals surface area contributed by atoms with Gasteiger partial charge in [0.15, 0.2) is 0 Å². The van der Waals surface area contributed by atoms with E-state index in [4.69, 9.17) is 4.42 Å². The van der Waals surface area contributed by atoms with Crippen LogP contribution in [0.1, 0.15) is 33.4 Å². The van der Waals surface area contributed by atoms with Gasteiger partial charge in [-0.15, -0.1) is 0 Å². The molecule has 146 valence electrons. The maximum Gasteiger partial charge on any atom is 0.280 e. The maximum absolute atomic E-state index is 12.8. The zero-order valence-corrected chi connectivity index (χ0v) is 15.9. The third-order valence-corrected chi connectivity index (χ3v) is 5.00. The van der Waals surface area contributed by atoms with Crippen LogP contribution in [0.5, 0.6) is 0 Å². The Morgan fingerprint density at radius 3 is 2.50 bits per heavy atom. The Bertz CT molecular complexity index is 1280. The molecule has 30 heavy (non-hydrogen) atoms. The summed E-state index contributed by atoms with van der Waals surface area (Å²) in [4.78, 5) is 36.4. The van der Waals surface area contributed by atoms with Crippen LogP contribution in [0.4, 0.5) is 5.69 Å². The van der Waals surface area contributed by atoms with Crippen molar-refractivity contribution in [3.8, 4) is 11.3 Å². The van der Waals surface area contributed by atoms with E-state index in [2.05, 4.69) is 10.4 Å². The topological polar surface area (TPSA) is 92.0 Å². The van der Waals surface area contributed by atoms with E-state index >= 15 is 0 Å². The van der Waals surface area contributed by atoms with Gasteiger partial charge in [0.2, 0.25) is 0 Å². The molecule has 0 aliphatic carbocycles. The molecule has 0 bridgehead atoms. The molecule has 2 aromatic carbocycles. The Labute approximate surface area is 171 Å². The summed E-state index contributed by atoms with van der Waals surface area (Å²) >= 11 is 0. The predicted molar refractivity (Wildman–Crippen MR) is 111 cm³/mol. The number of nitrogens with one attached hydrogen (secondary N) is 1. The van der Waals surface area contributed by atoms with Gasteiger partial charge in [0.05, 0.1) is 28.1 Å². The molecule has 2 aliphatic rings. The molecule has 0 saturated carbocycles. The van der Waals surface area contributed by atoms with Gasteiger partial charge in [0.1, 0.15) is 11.5 Å². The Hall–Kier alpha value is -4.26. The minimum Gasteiger partial charge on any atom is -0.457 e. The normalized spacial score (nSPS) is 16.8. The fraction of sp³-hybridized carbons (Fsp3) is 0.0435. The average molecular weight is 397 g/mol. The van der Waals surface area contributed by atoms with E-state index < -0.39 is 11.8 Å². The van der Waals surface area contributed by atoms with Crippen molar-refractivity contribution in [3.05, 3.63) is 83.1 Å². The molecule has 0 spiro atoms. The molecule has 0 fully saturated rings. The molecular formula is C23H15N3O4. The number of carbonyl (C=O) groups is 3. The fourth-order valence-electron chi connectivity index (χ4n) is 3.48. The molecule has 1 aromatic heterocycles. The second-order valence-corrected chi connectivity index (χ2v) is 6.94. The Kier molecular flexibility index (Phi) is 3.96. The zero-order valence-electron chi connectivity index (χ0n) is 15.9. The van der Waals surface area contributed by atoms with E-state index in [1.165, 1.54) is 5.01 Å². The molecule has 3 amide bonds. The van der Waals surface area contributed by atoms with Crippen molar-refractivity contribution >= 4 is 35.2 Å². The van der Waals surface area contributed by atoms with Crippen LogP contribution in [0.25, 0.3) is 17.4 Å². The van der Waals surface area contributed by atoms with Gasteiger partial charge < -0.3 is 4.42 Å². The Morgan fingerprint density at radius 1 is 0.933 bits per heavy atom. The van der Waals surface area contributed by atoms with Gasteiger partial charge in [-0.2, -0.15) is 10.1 Å². The lowest BCUT2D eigenvalue weighted by Crippen LogP contribution is -2.21. The molecule has 0 radical (unpaired) electrons. The number of imide groups is 1. The van der Waals surface area contributed by atoms with Gasteiger partial charge in [0.25, 0.3) is 17.7 Å². The van der Waals surface area contributed by atoms with E-state index in [1.807, 2.05) is 30.3 Å². The first kappa shape index (κ1) is 17.8. The number of fused-ring (bicyclic) bond motifs is 1. The SMILES string of the molecule is CC1=NN(c2ccccc2)C(=O)/C1=C\c1ccc(-c2ccc3c(c2)C(=O)NC3=O)o1. The monoisotopic (exact) mass is 397 g/mol. The first-order valence-electron chi connectivity index (χ1n) is 9.28. The largest absolute Gasteiger partial charge is 0.457 e. The van der Waals surface area contributed by atoms with E-state index in [0.717, 1.165) is 0 Å². The second-order valence-electron chi connectivity index (χ2n) is 6.94. The fourth-order valence-corrected chi connectivity index (χ4v) is 3.48. The molecule has 7 nitrogen and oxygen atoms in total. The summed E-state index contributed by atoms with van der Waals surface area (Å²) in [6.07, 6.45) is 1.65. The number of anilines is 1. The number of hydrogen-bond donors (Lipinski definition) is 1. The first-order valence-corrected chi connectivity index (χ1v) is 9.28. The van der Waals surface area contributed by atoms with Crippen LogP contribution >= 0.6 is 0 Å². The van der Waals surface area contributed by atoms with Crippen molar-refractivity contribution in [1.29, 1.82) is 0 Å². The number of hydrazone groups is 1. The summed E-state index contributed by atoms with van der Waals surface area (Å²) in [5.41, 5.74) is 3.06. The summed E-state index contributed by atoms with van der Waals surface area (Å²) < 4.78 is 5.87. The van der Waals surface area contributed by atoms with Gasteiger partial charge in [-0.3, -0.25) is 19.7 Å². The standard InChI is InChI=1S/C23H15N3O4/c1-13-18(23(29)26(25-13)15-5-3-2-4-6-15)12-16-8-10-20(30-16)14-7-9-17-19(11-14)22(28)24-21(17)27/h2-12H,1H3,(H,24,27,28)/b18-12-. The van der Waals surface area contributed by atoms with E-state index in [-0.39, 0.29) is 5.91 Å². The highest BCUT2D eigenvalue weighted by Gasteiger charge is 2.29. The number of rotatable bonds is 3. The molecule has 2 aliphatic heterocycles. The number of hydrogen-bond acceptors (Lipinski definition) is 5. The van der Waals surface area contributed by atoms with Crippen molar-refractivity contribution in [1.82, 2.24) is 5.32 Å². The Balaban J connectivity index is 1.44. The van der Waals surface area contributed by atoms with Crippen molar-refractivity contribution in [2.24, 2.45) is 5.10 Å². The number of para-hydroxylation sites is 1. The van der Waals surface area contributed by atoms with E-state index in [9.17, 15) is 14.4 Å². The summed E-state index contributed by atoms with van der Waals surface area (Å²) in [6, 6.07) is 17.6. The highest BCUT2D eigenvalue weighted by Crippen LogP contribution is 2.29. The number of furan rings is 1. The number of nitrogens with zero attached hydrogens (tertiary/aromatic N) is 2. The van der Waals surface area contributed by atoms with Gasteiger partial charge in [-0.1, -0.05) is 24.3 Å². The van der Waals surface area contributed by atoms with E-state index in [1.54, 1.807) is 43.3 Å². The summed E-state index contributed by atoms with van der Waals surface area (Å²) in [5.74, 6) is -0.0426. The first-order chi connectivity index (χ1) is 14.5. The van der Waals surface area contributed by atoms with Crippen LogP contribution in [0.2, 0.25) is 0 Å². The molecule has 1 N–H and O–H groups in total. The van der Waals surface area contributed by atoms with Gasteiger partial charge in [-0.25, -0.2) is 0 Å². The van der Waals surface area contributed by atoms with Crippen molar-refractivity contribution in [2.45, 2.75) is 6.92 Å². The van der Waals surface area contributed by atoms with Crippen LogP contribution in [0.3, 0.4) is 0 Å². The lowest BCUT2D eigenvalue weighted by atomic mass is 10.0. The average Bonchev–Trinajstić information content (AvgIpc) is 3.42. The molecular weight excluding hydrogens is 382 g/mol. The third-order valence-electron chi connectivity index (χ3n) is 5.00. The van der Waals surface area contributed by atoms with Crippen LogP contribution in [0.15, 0.2) is 75.8 Å². The Morgan fingerprint density at radius 2 is 1.70 bits per heavy atom. The second kappa shape index (κ2) is 6.66. The van der Waals surface area contributed by atoms with Crippen LogP contribution in [-0.2, 0) is 4.79 Å². The quantitative estimate of drug-likeness (QED) is 0.540. The highest BCUT2D eigenvalue weighted by atomic mass is 16.3. The summed E-state index contributed by atoms with van der Waals surface area (Å²) in [5, 5.41) is 7.98. The zero-order chi connectivity index (χ0) is 20.8. The molecule has 5 rings (SSSR count). The third kappa shape index (κ3) is 2.84.